The van der Waals surface area contributed by atoms with E-state index in [-0.39, 0.29) is 23.8 Å². The molecule has 2 heterocycles. The number of carbonyl (C=O) groups excluding carboxylic acids is 1. The van der Waals surface area contributed by atoms with Crippen molar-refractivity contribution in [1.82, 2.24) is 14.9 Å². The number of aliphatic hydroxyl groups excluding tert-OH is 2. The van der Waals surface area contributed by atoms with E-state index in [2.05, 4.69) is 14.9 Å². The van der Waals surface area contributed by atoms with E-state index in [1.54, 1.807) is 0 Å². The molecule has 0 radical (unpaired) electrons. The molecule has 2 aliphatic rings. The maximum absolute atomic E-state index is 12.4. The van der Waals surface area contributed by atoms with Crippen LogP contribution >= 0.6 is 11.6 Å². The predicted octanol–water partition coefficient (Wildman–Crippen LogP) is -1.05. The number of halogens is 1. The smallest absolute Gasteiger partial charge is 0.240 e. The van der Waals surface area contributed by atoms with Gasteiger partial charge < -0.3 is 25.0 Å². The van der Waals surface area contributed by atoms with Crippen LogP contribution in [-0.4, -0.2) is 99.8 Å². The monoisotopic (exact) mass is 477 g/mol. The summed E-state index contributed by atoms with van der Waals surface area (Å²) in [5.41, 5.74) is 0. The van der Waals surface area contributed by atoms with E-state index in [0.29, 0.717) is 31.3 Å². The largest absolute Gasteiger partial charge is 0.388 e. The third-order valence-corrected chi connectivity index (χ3v) is 6.99. The van der Waals surface area contributed by atoms with Crippen molar-refractivity contribution in [3.8, 4) is 0 Å². The van der Waals surface area contributed by atoms with Gasteiger partial charge in [-0.15, -0.1) is 0 Å². The Kier molecular flexibility index (Phi) is 8.65. The Hall–Kier alpha value is -1.31. The highest BCUT2D eigenvalue weighted by Gasteiger charge is 2.43. The maximum Gasteiger partial charge on any atom is 0.240 e. The topological polar surface area (TPSA) is 137 Å². The van der Waals surface area contributed by atoms with Crippen LogP contribution in [0.5, 0.6) is 0 Å². The van der Waals surface area contributed by atoms with Gasteiger partial charge in [-0.05, 0) is 24.3 Å². The summed E-state index contributed by atoms with van der Waals surface area (Å²) in [6, 6.07) is 5.62. The molecule has 0 spiro atoms. The van der Waals surface area contributed by atoms with Crippen LogP contribution in [0.15, 0.2) is 29.2 Å². The third-order valence-electron chi connectivity index (χ3n) is 5.30. The number of hydrogen-bond donors (Lipinski definition) is 4. The molecule has 4 N–H and O–H groups in total. The van der Waals surface area contributed by atoms with Gasteiger partial charge in [0, 0.05) is 37.7 Å². The lowest BCUT2D eigenvalue weighted by atomic mass is 10.1. The molecule has 0 saturated carbocycles. The lowest BCUT2D eigenvalue weighted by Gasteiger charge is -2.26. The molecule has 1 amide bonds. The van der Waals surface area contributed by atoms with Crippen molar-refractivity contribution in [2.24, 2.45) is 0 Å². The van der Waals surface area contributed by atoms with Crippen LogP contribution in [0.3, 0.4) is 0 Å². The summed E-state index contributed by atoms with van der Waals surface area (Å²) in [4.78, 5) is 14.4. The van der Waals surface area contributed by atoms with Gasteiger partial charge in [0.25, 0.3) is 0 Å². The second kappa shape index (κ2) is 11.0. The van der Waals surface area contributed by atoms with Crippen molar-refractivity contribution in [3.63, 3.8) is 0 Å². The Morgan fingerprint density at radius 3 is 2.45 bits per heavy atom. The summed E-state index contributed by atoms with van der Waals surface area (Å²) in [6.45, 7) is 3.89. The van der Waals surface area contributed by atoms with Gasteiger partial charge in [-0.25, -0.2) is 13.1 Å². The summed E-state index contributed by atoms with van der Waals surface area (Å²) < 4.78 is 37.9. The van der Waals surface area contributed by atoms with Gasteiger partial charge in [-0.1, -0.05) is 11.6 Å². The zero-order chi connectivity index (χ0) is 22.4. The van der Waals surface area contributed by atoms with E-state index in [0.717, 1.165) is 13.1 Å². The van der Waals surface area contributed by atoms with E-state index >= 15 is 0 Å². The molecule has 2 aliphatic heterocycles. The van der Waals surface area contributed by atoms with Gasteiger partial charge >= 0.3 is 0 Å². The first-order valence-electron chi connectivity index (χ1n) is 10.1. The molecule has 0 aliphatic carbocycles. The first kappa shape index (κ1) is 24.3. The van der Waals surface area contributed by atoms with Crippen LogP contribution in [0.25, 0.3) is 0 Å². The number of amides is 1. The van der Waals surface area contributed by atoms with Crippen LogP contribution < -0.4 is 10.0 Å². The number of rotatable bonds is 9. The highest BCUT2D eigenvalue weighted by Crippen LogP contribution is 2.24. The standard InChI is InChI=1S/C19H28ClN3O7S/c20-13-1-3-14(4-2-13)31(27,28)22-12-16-19(26)18(25)15(30-16)11-17(24)21-5-6-23-7-9-29-10-8-23/h1-4,15-16,18-19,22,25-26H,5-12H2,(H,21,24)/t15-,16+,18-,19+/m0/s1. The molecule has 2 saturated heterocycles. The fourth-order valence-corrected chi connectivity index (χ4v) is 4.66. The summed E-state index contributed by atoms with van der Waals surface area (Å²) in [7, 11) is -3.84. The fourth-order valence-electron chi connectivity index (χ4n) is 3.49. The minimum absolute atomic E-state index is 0.0149. The molecule has 2 fully saturated rings. The molecular weight excluding hydrogens is 450 g/mol. The average molecular weight is 478 g/mol. The van der Waals surface area contributed by atoms with Crippen molar-refractivity contribution in [3.05, 3.63) is 29.3 Å². The number of sulfonamides is 1. The molecule has 12 heteroatoms. The maximum atomic E-state index is 12.4. The van der Waals surface area contributed by atoms with Crippen molar-refractivity contribution >= 4 is 27.5 Å². The van der Waals surface area contributed by atoms with Gasteiger partial charge in [-0.2, -0.15) is 0 Å². The number of nitrogens with zero attached hydrogens (tertiary/aromatic N) is 1. The van der Waals surface area contributed by atoms with Crippen LogP contribution in [0.4, 0.5) is 0 Å². The second-order valence-corrected chi connectivity index (χ2v) is 9.71. The molecule has 174 valence electrons. The van der Waals surface area contributed by atoms with Gasteiger partial charge in [0.2, 0.25) is 15.9 Å². The number of benzene rings is 1. The molecule has 0 bridgehead atoms. The quantitative estimate of drug-likeness (QED) is 0.353. The van der Waals surface area contributed by atoms with Crippen LogP contribution in [-0.2, 0) is 24.3 Å². The molecule has 0 aromatic heterocycles. The Balaban J connectivity index is 1.44. The highest BCUT2D eigenvalue weighted by atomic mass is 35.5. The average Bonchev–Trinajstić information content (AvgIpc) is 3.01. The molecule has 31 heavy (non-hydrogen) atoms. The molecule has 10 nitrogen and oxygen atoms in total. The summed E-state index contributed by atoms with van der Waals surface area (Å²) in [5.74, 6) is -0.313. The number of aliphatic hydroxyl groups is 2. The lowest BCUT2D eigenvalue weighted by Crippen LogP contribution is -2.42. The Bertz CT molecular complexity index is 833. The molecule has 1 aromatic carbocycles. The van der Waals surface area contributed by atoms with Gasteiger partial charge in [0.1, 0.15) is 18.3 Å². The SMILES string of the molecule is O=C(C[C@@H]1O[C@H](CNS(=O)(=O)c2ccc(Cl)cc2)[C@@H](O)[C@H]1O)NCCN1CCOCC1. The van der Waals surface area contributed by atoms with E-state index < -0.39 is 34.4 Å². The Morgan fingerprint density at radius 1 is 1.13 bits per heavy atom. The van der Waals surface area contributed by atoms with E-state index in [1.165, 1.54) is 24.3 Å². The predicted molar refractivity (Wildman–Crippen MR) is 112 cm³/mol. The molecule has 3 rings (SSSR count). The van der Waals surface area contributed by atoms with Crippen LogP contribution in [0, 0.1) is 0 Å². The van der Waals surface area contributed by atoms with E-state index in [4.69, 9.17) is 21.1 Å². The Morgan fingerprint density at radius 2 is 1.77 bits per heavy atom. The molecular formula is C19H28ClN3O7S. The van der Waals surface area contributed by atoms with Gasteiger partial charge in [-0.3, -0.25) is 9.69 Å². The van der Waals surface area contributed by atoms with Crippen molar-refractivity contribution in [2.45, 2.75) is 35.7 Å². The van der Waals surface area contributed by atoms with Crippen molar-refractivity contribution in [1.29, 1.82) is 0 Å². The molecule has 4 atom stereocenters. The number of hydrogen-bond acceptors (Lipinski definition) is 8. The number of nitrogens with one attached hydrogen (secondary N) is 2. The van der Waals surface area contributed by atoms with Crippen LogP contribution in [0.1, 0.15) is 6.42 Å². The minimum Gasteiger partial charge on any atom is -0.388 e. The number of ether oxygens (including phenoxy) is 2. The van der Waals surface area contributed by atoms with Crippen molar-refractivity contribution < 1.29 is 32.9 Å². The van der Waals surface area contributed by atoms with Gasteiger partial charge in [0.05, 0.1) is 30.6 Å². The zero-order valence-electron chi connectivity index (χ0n) is 16.9. The number of morpholine rings is 1. The highest BCUT2D eigenvalue weighted by molar-refractivity contribution is 7.89. The summed E-state index contributed by atoms with van der Waals surface area (Å²) in [6.07, 6.45) is -4.66. The van der Waals surface area contributed by atoms with E-state index in [1.807, 2.05) is 0 Å². The van der Waals surface area contributed by atoms with Crippen molar-refractivity contribution in [2.75, 3.05) is 45.9 Å². The van der Waals surface area contributed by atoms with Gasteiger partial charge in [0.15, 0.2) is 0 Å². The molecule has 0 unspecified atom stereocenters. The minimum atomic E-state index is -3.84. The zero-order valence-corrected chi connectivity index (χ0v) is 18.5. The first-order valence-corrected chi connectivity index (χ1v) is 12.0. The second-order valence-electron chi connectivity index (χ2n) is 7.51. The third kappa shape index (κ3) is 6.83. The molecule has 1 aromatic rings. The summed E-state index contributed by atoms with van der Waals surface area (Å²) in [5, 5.41) is 23.6. The summed E-state index contributed by atoms with van der Waals surface area (Å²) >= 11 is 5.77. The van der Waals surface area contributed by atoms with Crippen LogP contribution in [0.2, 0.25) is 5.02 Å². The fraction of sp³-hybridized carbons (Fsp3) is 0.632. The first-order chi connectivity index (χ1) is 14.8. The van der Waals surface area contributed by atoms with E-state index in [9.17, 15) is 23.4 Å². The lowest BCUT2D eigenvalue weighted by molar-refractivity contribution is -0.125. The normalized spacial score (nSPS) is 27.3. The Labute approximate surface area is 186 Å². The number of carbonyl (C=O) groups is 1.